The van der Waals surface area contributed by atoms with Crippen molar-refractivity contribution in [3.05, 3.63) is 68.2 Å². The molecule has 1 unspecified atom stereocenters. The van der Waals surface area contributed by atoms with Crippen LogP contribution in [0.15, 0.2) is 46.9 Å². The van der Waals surface area contributed by atoms with Crippen LogP contribution < -0.4 is 0 Å². The predicted octanol–water partition coefficient (Wildman–Crippen LogP) is 4.05. The van der Waals surface area contributed by atoms with Crippen molar-refractivity contribution in [1.29, 1.82) is 0 Å². The summed E-state index contributed by atoms with van der Waals surface area (Å²) in [5.74, 6) is -1.25. The van der Waals surface area contributed by atoms with Gasteiger partial charge in [-0.15, -0.1) is 0 Å². The van der Waals surface area contributed by atoms with Crippen LogP contribution in [0.1, 0.15) is 28.8 Å². The van der Waals surface area contributed by atoms with Crippen LogP contribution in [-0.2, 0) is 0 Å². The van der Waals surface area contributed by atoms with Crippen molar-refractivity contribution < 1.29 is 14.8 Å². The molecule has 0 aliphatic carbocycles. The number of nitro groups is 1. The number of phenols is 1. The Morgan fingerprint density at radius 3 is 2.62 bits per heavy atom. The molecule has 2 aromatic carbocycles. The first kappa shape index (κ1) is 15.2. The second-order valence-electron chi connectivity index (χ2n) is 4.56. The zero-order chi connectivity index (χ0) is 15.6. The quantitative estimate of drug-likeness (QED) is 0.512. The van der Waals surface area contributed by atoms with Crippen molar-refractivity contribution in [2.75, 3.05) is 0 Å². The minimum atomic E-state index is -0.730. The van der Waals surface area contributed by atoms with Crippen LogP contribution in [0.3, 0.4) is 0 Å². The summed E-state index contributed by atoms with van der Waals surface area (Å²) in [6.07, 6.45) is 0. The van der Waals surface area contributed by atoms with E-state index in [1.165, 1.54) is 18.2 Å². The second kappa shape index (κ2) is 6.05. The summed E-state index contributed by atoms with van der Waals surface area (Å²) in [6, 6.07) is 10.6. The monoisotopic (exact) mass is 349 g/mol. The Bertz CT molecular complexity index is 715. The van der Waals surface area contributed by atoms with Gasteiger partial charge in [0.05, 0.1) is 16.4 Å². The summed E-state index contributed by atoms with van der Waals surface area (Å²) in [7, 11) is 0. The number of aromatic hydroxyl groups is 1. The van der Waals surface area contributed by atoms with E-state index in [0.29, 0.717) is 10.0 Å². The Morgan fingerprint density at radius 2 is 1.95 bits per heavy atom. The fraction of sp³-hybridized carbons (Fsp3) is 0.133. The van der Waals surface area contributed by atoms with Gasteiger partial charge in [0.15, 0.2) is 5.78 Å². The number of hydrogen-bond acceptors (Lipinski definition) is 4. The molecule has 1 atom stereocenters. The van der Waals surface area contributed by atoms with E-state index >= 15 is 0 Å². The van der Waals surface area contributed by atoms with E-state index in [1.807, 2.05) is 0 Å². The minimum absolute atomic E-state index is 0.104. The lowest BCUT2D eigenvalue weighted by Gasteiger charge is -2.12. The second-order valence-corrected chi connectivity index (χ2v) is 5.48. The van der Waals surface area contributed by atoms with Crippen LogP contribution in [0, 0.1) is 10.1 Å². The molecule has 0 bridgehead atoms. The molecule has 0 heterocycles. The van der Waals surface area contributed by atoms with E-state index in [4.69, 9.17) is 0 Å². The lowest BCUT2D eigenvalue weighted by atomic mass is 9.91. The third-order valence-corrected chi connectivity index (χ3v) is 3.71. The molecule has 0 fully saturated rings. The van der Waals surface area contributed by atoms with Crippen LogP contribution in [0.5, 0.6) is 5.75 Å². The Kier molecular flexibility index (Phi) is 4.37. The standard InChI is InChI=1S/C15H12BrNO4/c1-9(11-4-2-3-5-13(11)17(20)21)15(19)12-8-10(16)6-7-14(12)18/h2-9,18H,1H3. The van der Waals surface area contributed by atoms with Crippen LogP contribution in [0.4, 0.5) is 5.69 Å². The van der Waals surface area contributed by atoms with Gasteiger partial charge in [0, 0.05) is 16.1 Å². The van der Waals surface area contributed by atoms with Gasteiger partial charge in [-0.25, -0.2) is 0 Å². The molecule has 2 aromatic rings. The highest BCUT2D eigenvalue weighted by Gasteiger charge is 2.26. The predicted molar refractivity (Wildman–Crippen MR) is 81.6 cm³/mol. The topological polar surface area (TPSA) is 80.4 Å². The van der Waals surface area contributed by atoms with Gasteiger partial charge in [0.25, 0.3) is 5.69 Å². The number of halogens is 1. The van der Waals surface area contributed by atoms with E-state index in [9.17, 15) is 20.0 Å². The molecule has 5 nitrogen and oxygen atoms in total. The van der Waals surface area contributed by atoms with Gasteiger partial charge >= 0.3 is 0 Å². The lowest BCUT2D eigenvalue weighted by molar-refractivity contribution is -0.385. The molecule has 6 heteroatoms. The van der Waals surface area contributed by atoms with Crippen molar-refractivity contribution in [1.82, 2.24) is 0 Å². The molecule has 0 saturated carbocycles. The maximum Gasteiger partial charge on any atom is 0.273 e. The maximum atomic E-state index is 12.5. The maximum absolute atomic E-state index is 12.5. The number of para-hydroxylation sites is 1. The largest absolute Gasteiger partial charge is 0.507 e. The molecule has 0 radical (unpaired) electrons. The first-order valence-electron chi connectivity index (χ1n) is 6.18. The first-order chi connectivity index (χ1) is 9.91. The number of ketones is 1. The lowest BCUT2D eigenvalue weighted by Crippen LogP contribution is -2.11. The van der Waals surface area contributed by atoms with Gasteiger partial charge in [0.2, 0.25) is 0 Å². The molecule has 108 valence electrons. The van der Waals surface area contributed by atoms with E-state index in [1.54, 1.807) is 31.2 Å². The third-order valence-electron chi connectivity index (χ3n) is 3.22. The Balaban J connectivity index is 2.45. The number of nitrogens with zero attached hydrogens (tertiary/aromatic N) is 1. The summed E-state index contributed by atoms with van der Waals surface area (Å²) < 4.78 is 0.651. The van der Waals surface area contributed by atoms with E-state index < -0.39 is 10.8 Å². The molecule has 1 N–H and O–H groups in total. The van der Waals surface area contributed by atoms with Crippen molar-refractivity contribution in [2.24, 2.45) is 0 Å². The van der Waals surface area contributed by atoms with Crippen LogP contribution in [0.2, 0.25) is 0 Å². The average Bonchev–Trinajstić information content (AvgIpc) is 2.48. The summed E-state index contributed by atoms with van der Waals surface area (Å²) in [4.78, 5) is 23.0. The van der Waals surface area contributed by atoms with E-state index in [0.717, 1.165) is 0 Å². The first-order valence-corrected chi connectivity index (χ1v) is 6.97. The summed E-state index contributed by atoms with van der Waals surface area (Å²) >= 11 is 3.24. The molecule has 0 aromatic heterocycles. The molecule has 0 amide bonds. The molecular weight excluding hydrogens is 338 g/mol. The van der Waals surface area contributed by atoms with Crippen LogP contribution in [-0.4, -0.2) is 15.8 Å². The van der Waals surface area contributed by atoms with Gasteiger partial charge in [-0.3, -0.25) is 14.9 Å². The molecular formula is C15H12BrNO4. The summed E-state index contributed by atoms with van der Waals surface area (Å²) in [5, 5.41) is 20.8. The molecule has 0 spiro atoms. The number of carbonyl (C=O) groups is 1. The zero-order valence-electron chi connectivity index (χ0n) is 11.1. The SMILES string of the molecule is CC(C(=O)c1cc(Br)ccc1O)c1ccccc1[N+](=O)[O-]. The smallest absolute Gasteiger partial charge is 0.273 e. The summed E-state index contributed by atoms with van der Waals surface area (Å²) in [5.41, 5.74) is 0.356. The highest BCUT2D eigenvalue weighted by molar-refractivity contribution is 9.10. The normalized spacial score (nSPS) is 11.9. The fourth-order valence-corrected chi connectivity index (χ4v) is 2.46. The number of benzene rings is 2. The Morgan fingerprint density at radius 1 is 1.29 bits per heavy atom. The van der Waals surface area contributed by atoms with Crippen LogP contribution >= 0.6 is 15.9 Å². The number of rotatable bonds is 4. The number of Topliss-reactive ketones (excluding diaryl/α,β-unsaturated/α-hetero) is 1. The van der Waals surface area contributed by atoms with Crippen LogP contribution in [0.25, 0.3) is 0 Å². The van der Waals surface area contributed by atoms with Gasteiger partial charge < -0.3 is 5.11 Å². The number of nitro benzene ring substituents is 1. The minimum Gasteiger partial charge on any atom is -0.507 e. The number of phenolic OH excluding ortho intramolecular Hbond substituents is 1. The van der Waals surface area contributed by atoms with E-state index in [-0.39, 0.29) is 22.8 Å². The molecule has 2 rings (SSSR count). The molecule has 0 aliphatic heterocycles. The Labute approximate surface area is 129 Å². The molecule has 0 saturated heterocycles. The fourth-order valence-electron chi connectivity index (χ4n) is 2.10. The highest BCUT2D eigenvalue weighted by atomic mass is 79.9. The van der Waals surface area contributed by atoms with Gasteiger partial charge in [-0.05, 0) is 18.2 Å². The Hall–Kier alpha value is -2.21. The summed E-state index contributed by atoms with van der Waals surface area (Å²) in [6.45, 7) is 1.59. The zero-order valence-corrected chi connectivity index (χ0v) is 12.7. The van der Waals surface area contributed by atoms with E-state index in [2.05, 4.69) is 15.9 Å². The number of hydrogen-bond donors (Lipinski definition) is 1. The van der Waals surface area contributed by atoms with Gasteiger partial charge in [-0.1, -0.05) is 41.1 Å². The number of carbonyl (C=O) groups excluding carboxylic acids is 1. The van der Waals surface area contributed by atoms with Crippen molar-refractivity contribution in [2.45, 2.75) is 12.8 Å². The molecule has 21 heavy (non-hydrogen) atoms. The average molecular weight is 350 g/mol. The van der Waals surface area contributed by atoms with Gasteiger partial charge in [0.1, 0.15) is 5.75 Å². The van der Waals surface area contributed by atoms with Gasteiger partial charge in [-0.2, -0.15) is 0 Å². The third kappa shape index (κ3) is 3.11. The molecule has 0 aliphatic rings. The van der Waals surface area contributed by atoms with Crippen molar-refractivity contribution >= 4 is 27.4 Å². The van der Waals surface area contributed by atoms with Crippen molar-refractivity contribution in [3.8, 4) is 5.75 Å². The van der Waals surface area contributed by atoms with Crippen molar-refractivity contribution in [3.63, 3.8) is 0 Å². The highest BCUT2D eigenvalue weighted by Crippen LogP contribution is 2.32.